The summed E-state index contributed by atoms with van der Waals surface area (Å²) in [4.78, 5) is 12.0. The maximum Gasteiger partial charge on any atom is 0.220 e. The molecule has 3 atom stereocenters. The van der Waals surface area contributed by atoms with Crippen LogP contribution in [0.15, 0.2) is 0 Å². The molecule has 2 saturated carbocycles. The minimum atomic E-state index is 0.308. The Morgan fingerprint density at radius 1 is 1.28 bits per heavy atom. The van der Waals surface area contributed by atoms with Gasteiger partial charge in [-0.25, -0.2) is 0 Å². The highest BCUT2D eigenvalue weighted by Crippen LogP contribution is 2.38. The quantitative estimate of drug-likeness (QED) is 0.730. The van der Waals surface area contributed by atoms with Gasteiger partial charge in [0.25, 0.3) is 0 Å². The molecule has 0 aromatic carbocycles. The summed E-state index contributed by atoms with van der Waals surface area (Å²) in [5.74, 6) is 2.50. The lowest BCUT2D eigenvalue weighted by Gasteiger charge is -2.21. The Kier molecular flexibility index (Phi) is 5.08. The van der Waals surface area contributed by atoms with E-state index in [-0.39, 0.29) is 0 Å². The molecule has 2 aliphatic rings. The van der Waals surface area contributed by atoms with Gasteiger partial charge >= 0.3 is 0 Å². The smallest absolute Gasteiger partial charge is 0.220 e. The van der Waals surface area contributed by atoms with Crippen molar-refractivity contribution in [2.24, 2.45) is 17.8 Å². The van der Waals surface area contributed by atoms with Crippen molar-refractivity contribution in [1.82, 2.24) is 5.32 Å². The average molecular weight is 251 g/mol. The monoisotopic (exact) mass is 251 g/mol. The molecule has 18 heavy (non-hydrogen) atoms. The zero-order valence-corrected chi connectivity index (χ0v) is 12.1. The first-order valence-corrected chi connectivity index (χ1v) is 8.00. The first kappa shape index (κ1) is 13.9. The summed E-state index contributed by atoms with van der Waals surface area (Å²) in [5.41, 5.74) is 0. The number of rotatable bonds is 7. The normalized spacial score (nSPS) is 29.2. The van der Waals surface area contributed by atoms with Crippen molar-refractivity contribution in [2.75, 3.05) is 0 Å². The van der Waals surface area contributed by atoms with Crippen LogP contribution in [0.1, 0.15) is 71.6 Å². The van der Waals surface area contributed by atoms with E-state index in [0.29, 0.717) is 17.9 Å². The predicted molar refractivity (Wildman–Crippen MR) is 75.3 cm³/mol. The van der Waals surface area contributed by atoms with E-state index in [2.05, 4.69) is 19.2 Å². The minimum absolute atomic E-state index is 0.308. The van der Waals surface area contributed by atoms with Crippen LogP contribution in [-0.4, -0.2) is 11.9 Å². The van der Waals surface area contributed by atoms with Crippen LogP contribution < -0.4 is 5.32 Å². The molecule has 0 bridgehead atoms. The maximum absolute atomic E-state index is 12.0. The van der Waals surface area contributed by atoms with E-state index in [1.54, 1.807) is 0 Å². The fourth-order valence-corrected chi connectivity index (χ4v) is 3.43. The van der Waals surface area contributed by atoms with E-state index >= 15 is 0 Å². The molecule has 0 aromatic rings. The maximum atomic E-state index is 12.0. The number of unbranched alkanes of at least 4 members (excludes halogenated alkanes) is 1. The molecule has 0 aromatic heterocycles. The van der Waals surface area contributed by atoms with Crippen LogP contribution in [0.2, 0.25) is 0 Å². The Morgan fingerprint density at radius 3 is 2.72 bits per heavy atom. The van der Waals surface area contributed by atoms with Crippen LogP contribution in [0.4, 0.5) is 0 Å². The van der Waals surface area contributed by atoms with Gasteiger partial charge in [0.15, 0.2) is 0 Å². The molecular formula is C16H29NO. The van der Waals surface area contributed by atoms with Gasteiger partial charge in [-0.2, -0.15) is 0 Å². The van der Waals surface area contributed by atoms with Gasteiger partial charge in [-0.05, 0) is 49.9 Å². The zero-order chi connectivity index (χ0) is 13.0. The van der Waals surface area contributed by atoms with E-state index in [9.17, 15) is 4.79 Å². The number of carbonyl (C=O) groups excluding carboxylic acids is 1. The summed E-state index contributed by atoms with van der Waals surface area (Å²) in [6.45, 7) is 4.49. The van der Waals surface area contributed by atoms with E-state index < -0.39 is 0 Å². The fraction of sp³-hybridized carbons (Fsp3) is 0.938. The Balaban J connectivity index is 1.71. The number of amides is 1. The lowest BCUT2D eigenvalue weighted by Crippen LogP contribution is -2.38. The number of nitrogens with one attached hydrogen (secondary N) is 1. The molecule has 2 fully saturated rings. The molecule has 3 unspecified atom stereocenters. The van der Waals surface area contributed by atoms with Gasteiger partial charge in [-0.15, -0.1) is 0 Å². The Bertz CT molecular complexity index is 272. The molecule has 2 heteroatoms. The van der Waals surface area contributed by atoms with Crippen molar-refractivity contribution >= 4 is 5.91 Å². The minimum Gasteiger partial charge on any atom is -0.353 e. The van der Waals surface area contributed by atoms with Crippen LogP contribution in [-0.2, 0) is 4.79 Å². The lowest BCUT2D eigenvalue weighted by atomic mass is 9.96. The van der Waals surface area contributed by atoms with Gasteiger partial charge in [-0.1, -0.05) is 33.1 Å². The Hall–Kier alpha value is -0.530. The topological polar surface area (TPSA) is 29.1 Å². The molecule has 0 saturated heterocycles. The summed E-state index contributed by atoms with van der Waals surface area (Å²) < 4.78 is 0. The molecule has 0 aliphatic heterocycles. The molecule has 2 aliphatic carbocycles. The van der Waals surface area contributed by atoms with E-state index in [1.165, 1.54) is 51.4 Å². The lowest BCUT2D eigenvalue weighted by molar-refractivity contribution is -0.123. The van der Waals surface area contributed by atoms with Crippen molar-refractivity contribution in [3.8, 4) is 0 Å². The van der Waals surface area contributed by atoms with Crippen molar-refractivity contribution in [2.45, 2.75) is 77.7 Å². The third kappa shape index (κ3) is 4.00. The highest BCUT2D eigenvalue weighted by molar-refractivity contribution is 5.76. The number of hydrogen-bond acceptors (Lipinski definition) is 1. The number of carbonyl (C=O) groups is 1. The van der Waals surface area contributed by atoms with Crippen molar-refractivity contribution in [1.29, 1.82) is 0 Å². The summed E-state index contributed by atoms with van der Waals surface area (Å²) >= 11 is 0. The van der Waals surface area contributed by atoms with Crippen LogP contribution in [0.5, 0.6) is 0 Å². The highest BCUT2D eigenvalue weighted by atomic mass is 16.1. The van der Waals surface area contributed by atoms with Crippen LogP contribution in [0, 0.1) is 17.8 Å². The Labute approximate surface area is 112 Å². The molecule has 1 amide bonds. The van der Waals surface area contributed by atoms with Gasteiger partial charge in [-0.3, -0.25) is 4.79 Å². The first-order valence-electron chi connectivity index (χ1n) is 8.00. The van der Waals surface area contributed by atoms with Gasteiger partial charge in [0.1, 0.15) is 0 Å². The largest absolute Gasteiger partial charge is 0.353 e. The second kappa shape index (κ2) is 6.58. The summed E-state index contributed by atoms with van der Waals surface area (Å²) in [6, 6.07) is 0.482. The molecule has 0 spiro atoms. The summed E-state index contributed by atoms with van der Waals surface area (Å²) in [7, 11) is 0. The third-order valence-corrected chi connectivity index (χ3v) is 4.87. The predicted octanol–water partition coefficient (Wildman–Crippen LogP) is 3.90. The van der Waals surface area contributed by atoms with Crippen LogP contribution in [0.3, 0.4) is 0 Å². The van der Waals surface area contributed by atoms with Gasteiger partial charge in [0, 0.05) is 12.5 Å². The molecule has 1 N–H and O–H groups in total. The SMILES string of the molecule is CCCCC1CCCC1NC(=O)CC(C)C1CC1. The number of hydrogen-bond donors (Lipinski definition) is 1. The summed E-state index contributed by atoms with van der Waals surface area (Å²) in [5, 5.41) is 3.31. The Morgan fingerprint density at radius 2 is 2.06 bits per heavy atom. The van der Waals surface area contributed by atoms with Gasteiger partial charge in [0.2, 0.25) is 5.91 Å². The zero-order valence-electron chi connectivity index (χ0n) is 12.1. The molecule has 104 valence electrons. The van der Waals surface area contributed by atoms with Gasteiger partial charge in [0.05, 0.1) is 0 Å². The van der Waals surface area contributed by atoms with Gasteiger partial charge < -0.3 is 5.32 Å². The average Bonchev–Trinajstić information content (AvgIpc) is 3.10. The standard InChI is InChI=1S/C16H29NO/c1-3-4-6-14-7-5-8-15(14)17-16(18)11-12(2)13-9-10-13/h12-15H,3-11H2,1-2H3,(H,17,18). The molecule has 2 nitrogen and oxygen atoms in total. The van der Waals surface area contributed by atoms with Crippen molar-refractivity contribution < 1.29 is 4.79 Å². The second-order valence-electron chi connectivity index (χ2n) is 6.53. The molecule has 0 heterocycles. The van der Waals surface area contributed by atoms with E-state index in [4.69, 9.17) is 0 Å². The van der Waals surface area contributed by atoms with Crippen molar-refractivity contribution in [3.63, 3.8) is 0 Å². The second-order valence-corrected chi connectivity index (χ2v) is 6.53. The van der Waals surface area contributed by atoms with E-state index in [1.807, 2.05) is 0 Å². The van der Waals surface area contributed by atoms with Crippen LogP contribution >= 0.6 is 0 Å². The fourth-order valence-electron chi connectivity index (χ4n) is 3.43. The third-order valence-electron chi connectivity index (χ3n) is 4.87. The first-order chi connectivity index (χ1) is 8.70. The van der Waals surface area contributed by atoms with E-state index in [0.717, 1.165) is 18.3 Å². The summed E-state index contributed by atoms with van der Waals surface area (Å²) in [6.07, 6.45) is 11.2. The van der Waals surface area contributed by atoms with Crippen molar-refractivity contribution in [3.05, 3.63) is 0 Å². The highest BCUT2D eigenvalue weighted by Gasteiger charge is 2.31. The molecular weight excluding hydrogens is 222 g/mol. The molecule has 0 radical (unpaired) electrons. The molecule has 2 rings (SSSR count). The van der Waals surface area contributed by atoms with Crippen LogP contribution in [0.25, 0.3) is 0 Å².